The van der Waals surface area contributed by atoms with Crippen LogP contribution in [0.5, 0.6) is 0 Å². The Morgan fingerprint density at radius 3 is 2.40 bits per heavy atom. The van der Waals surface area contributed by atoms with E-state index in [0.29, 0.717) is 29.3 Å². The number of likely N-dealkylation sites (N-methyl/N-ethyl adjacent to an activating group) is 1. The van der Waals surface area contributed by atoms with E-state index in [2.05, 4.69) is 39.2 Å². The van der Waals surface area contributed by atoms with Gasteiger partial charge in [0.1, 0.15) is 17.6 Å². The smallest absolute Gasteiger partial charge is 0.253 e. The van der Waals surface area contributed by atoms with Crippen LogP contribution in [0.4, 0.5) is 5.82 Å². The van der Waals surface area contributed by atoms with Crippen molar-refractivity contribution in [3.63, 3.8) is 0 Å². The molecule has 0 atom stereocenters. The highest BCUT2D eigenvalue weighted by Crippen LogP contribution is 2.30. The van der Waals surface area contributed by atoms with Crippen molar-refractivity contribution in [2.75, 3.05) is 45.2 Å². The number of nitrogens with one attached hydrogen (secondary N) is 1. The van der Waals surface area contributed by atoms with Crippen molar-refractivity contribution in [2.24, 2.45) is 0 Å². The second-order valence-corrected chi connectivity index (χ2v) is 8.19. The highest BCUT2D eigenvalue weighted by molar-refractivity contribution is 5.95. The zero-order chi connectivity index (χ0) is 24.6. The molecule has 1 aliphatic rings. The van der Waals surface area contributed by atoms with Crippen molar-refractivity contribution < 1.29 is 14.3 Å². The van der Waals surface area contributed by atoms with Crippen LogP contribution in [0.1, 0.15) is 22.8 Å². The first kappa shape index (κ1) is 24.4. The molecular formula is C27H31N5O3. The Balaban J connectivity index is 0.00000141. The van der Waals surface area contributed by atoms with E-state index >= 15 is 0 Å². The molecule has 8 heteroatoms. The normalized spacial score (nSPS) is 13.9. The minimum atomic E-state index is 0.0835. The minimum absolute atomic E-state index is 0.0835. The average Bonchev–Trinajstić information content (AvgIpc) is 3.38. The van der Waals surface area contributed by atoms with E-state index in [-0.39, 0.29) is 5.91 Å². The molecule has 8 nitrogen and oxygen atoms in total. The monoisotopic (exact) mass is 473 g/mol. The molecule has 0 radical (unpaired) electrons. The lowest BCUT2D eigenvalue weighted by Gasteiger charge is -2.34. The van der Waals surface area contributed by atoms with Crippen molar-refractivity contribution in [1.82, 2.24) is 19.8 Å². The minimum Gasteiger partial charge on any atom is -0.450 e. The third-order valence-electron chi connectivity index (χ3n) is 6.14. The summed E-state index contributed by atoms with van der Waals surface area (Å²) in [6.07, 6.45) is 1.54. The zero-order valence-electron chi connectivity index (χ0n) is 20.1. The number of piperazine rings is 1. The van der Waals surface area contributed by atoms with Crippen molar-refractivity contribution >= 4 is 22.8 Å². The Labute approximate surface area is 205 Å². The summed E-state index contributed by atoms with van der Waals surface area (Å²) in [7, 11) is 1.00. The molecule has 182 valence electrons. The summed E-state index contributed by atoms with van der Waals surface area (Å²) in [5, 5.41) is 10.3. The number of hydrogen-bond donors (Lipinski definition) is 2. The van der Waals surface area contributed by atoms with E-state index in [9.17, 15) is 4.79 Å². The van der Waals surface area contributed by atoms with Crippen LogP contribution >= 0.6 is 0 Å². The molecule has 0 aliphatic carbocycles. The Morgan fingerprint density at radius 1 is 1.00 bits per heavy atom. The highest BCUT2D eigenvalue weighted by Gasteiger charge is 2.21. The third-order valence-corrected chi connectivity index (χ3v) is 6.14. The van der Waals surface area contributed by atoms with E-state index in [0.717, 1.165) is 56.5 Å². The quantitative estimate of drug-likeness (QED) is 0.439. The molecule has 1 aliphatic heterocycles. The first-order valence-electron chi connectivity index (χ1n) is 11.8. The van der Waals surface area contributed by atoms with Gasteiger partial charge in [0.15, 0.2) is 11.4 Å². The van der Waals surface area contributed by atoms with E-state index in [1.807, 2.05) is 53.4 Å². The van der Waals surface area contributed by atoms with Crippen molar-refractivity contribution in [2.45, 2.75) is 13.5 Å². The predicted molar refractivity (Wildman–Crippen MR) is 137 cm³/mol. The van der Waals surface area contributed by atoms with Gasteiger partial charge in [0, 0.05) is 57.0 Å². The first-order chi connectivity index (χ1) is 17.2. The number of hydrogen-bond acceptors (Lipinski definition) is 7. The molecule has 1 fully saturated rings. The lowest BCUT2D eigenvalue weighted by Crippen LogP contribution is -2.48. The number of rotatable bonds is 6. The lowest BCUT2D eigenvalue weighted by atomic mass is 10.1. The maximum absolute atomic E-state index is 12.9. The van der Waals surface area contributed by atoms with Gasteiger partial charge in [-0.05, 0) is 24.2 Å². The SMILES string of the molecule is CCN1CCN(C(=O)c2ccc(-c3cc4ncnc(NCc5ccccc5)c4o3)cc2)CC1.CO. The van der Waals surface area contributed by atoms with E-state index in [1.54, 1.807) is 0 Å². The highest BCUT2D eigenvalue weighted by atomic mass is 16.3. The fourth-order valence-electron chi connectivity index (χ4n) is 4.13. The van der Waals surface area contributed by atoms with Gasteiger partial charge in [-0.25, -0.2) is 9.97 Å². The van der Waals surface area contributed by atoms with E-state index in [1.165, 1.54) is 6.33 Å². The first-order valence-corrected chi connectivity index (χ1v) is 11.8. The van der Waals surface area contributed by atoms with Crippen LogP contribution in [0.15, 0.2) is 71.4 Å². The molecule has 4 aromatic rings. The van der Waals surface area contributed by atoms with Crippen LogP contribution < -0.4 is 5.32 Å². The second kappa shape index (κ2) is 11.6. The van der Waals surface area contributed by atoms with Crippen LogP contribution in [0, 0.1) is 0 Å². The van der Waals surface area contributed by atoms with Crippen LogP contribution in [0.2, 0.25) is 0 Å². The van der Waals surface area contributed by atoms with Crippen LogP contribution in [-0.2, 0) is 6.54 Å². The summed E-state index contributed by atoms with van der Waals surface area (Å²) in [4.78, 5) is 25.9. The molecule has 1 amide bonds. The molecule has 1 saturated heterocycles. The number of aliphatic hydroxyl groups excluding tert-OH is 1. The van der Waals surface area contributed by atoms with Gasteiger partial charge in [-0.1, -0.05) is 49.4 Å². The molecular weight excluding hydrogens is 442 g/mol. The number of aliphatic hydroxyl groups is 1. The number of benzene rings is 2. The molecule has 5 rings (SSSR count). The van der Waals surface area contributed by atoms with Gasteiger partial charge < -0.3 is 24.6 Å². The number of carbonyl (C=O) groups is 1. The van der Waals surface area contributed by atoms with E-state index in [4.69, 9.17) is 9.52 Å². The number of furan rings is 1. The Kier molecular flexibility index (Phi) is 8.07. The summed E-state index contributed by atoms with van der Waals surface area (Å²) in [5.41, 5.74) is 4.12. The second-order valence-electron chi connectivity index (χ2n) is 8.19. The van der Waals surface area contributed by atoms with Gasteiger partial charge in [-0.15, -0.1) is 0 Å². The maximum atomic E-state index is 12.9. The Hall–Kier alpha value is -3.75. The molecule has 0 bridgehead atoms. The number of carbonyl (C=O) groups excluding carboxylic acids is 1. The number of aromatic nitrogens is 2. The van der Waals surface area contributed by atoms with E-state index < -0.39 is 0 Å². The zero-order valence-corrected chi connectivity index (χ0v) is 20.1. The average molecular weight is 474 g/mol. The van der Waals surface area contributed by atoms with Crippen LogP contribution in [0.25, 0.3) is 22.4 Å². The van der Waals surface area contributed by atoms with Gasteiger partial charge in [0.25, 0.3) is 5.91 Å². The maximum Gasteiger partial charge on any atom is 0.253 e. The molecule has 2 aromatic heterocycles. The third kappa shape index (κ3) is 5.67. The van der Waals surface area contributed by atoms with Crippen LogP contribution in [-0.4, -0.2) is 70.6 Å². The number of amides is 1. The lowest BCUT2D eigenvalue weighted by molar-refractivity contribution is 0.0643. The molecule has 3 heterocycles. The van der Waals surface area contributed by atoms with Gasteiger partial charge in [0.05, 0.1) is 0 Å². The van der Waals surface area contributed by atoms with Gasteiger partial charge in [-0.3, -0.25) is 4.79 Å². The number of nitrogens with zero attached hydrogens (tertiary/aromatic N) is 4. The molecule has 0 saturated carbocycles. The van der Waals surface area contributed by atoms with Gasteiger partial charge >= 0.3 is 0 Å². The Morgan fingerprint density at radius 2 is 1.71 bits per heavy atom. The molecule has 0 unspecified atom stereocenters. The summed E-state index contributed by atoms with van der Waals surface area (Å²) in [5.74, 6) is 1.44. The number of anilines is 1. The summed E-state index contributed by atoms with van der Waals surface area (Å²) in [6, 6.07) is 19.7. The standard InChI is InChI=1S/C26H27N5O2.CH4O/c1-2-30-12-14-31(15-13-30)26(32)21-10-8-20(9-11-21)23-16-22-24(33-23)25(29-18-28-22)27-17-19-6-4-3-5-7-19;1-2/h3-11,16,18H,2,12-15,17H2,1H3,(H,27,28,29);2H,1H3. The summed E-state index contributed by atoms with van der Waals surface area (Å²) >= 11 is 0. The number of fused-ring (bicyclic) bond motifs is 1. The predicted octanol–water partition coefficient (Wildman–Crippen LogP) is 3.89. The topological polar surface area (TPSA) is 94.7 Å². The molecule has 2 N–H and O–H groups in total. The molecule has 2 aromatic carbocycles. The fraction of sp³-hybridized carbons (Fsp3) is 0.296. The molecule has 35 heavy (non-hydrogen) atoms. The Bertz CT molecular complexity index is 1230. The van der Waals surface area contributed by atoms with Crippen molar-refractivity contribution in [3.8, 4) is 11.3 Å². The van der Waals surface area contributed by atoms with Crippen molar-refractivity contribution in [1.29, 1.82) is 0 Å². The fourth-order valence-corrected chi connectivity index (χ4v) is 4.13. The van der Waals surface area contributed by atoms with Crippen molar-refractivity contribution in [3.05, 3.63) is 78.1 Å². The van der Waals surface area contributed by atoms with Gasteiger partial charge in [-0.2, -0.15) is 0 Å². The summed E-state index contributed by atoms with van der Waals surface area (Å²) in [6.45, 7) is 7.24. The largest absolute Gasteiger partial charge is 0.450 e. The summed E-state index contributed by atoms with van der Waals surface area (Å²) < 4.78 is 6.13. The molecule has 0 spiro atoms. The van der Waals surface area contributed by atoms with Crippen LogP contribution in [0.3, 0.4) is 0 Å². The van der Waals surface area contributed by atoms with Gasteiger partial charge in [0.2, 0.25) is 0 Å².